The maximum Gasteiger partial charge on any atom is 0.141 e. The van der Waals surface area contributed by atoms with Crippen molar-refractivity contribution < 1.29 is 4.74 Å². The third-order valence-corrected chi connectivity index (χ3v) is 2.47. The highest BCUT2D eigenvalue weighted by molar-refractivity contribution is 5.58. The molecule has 0 heterocycles. The van der Waals surface area contributed by atoms with Crippen LogP contribution in [0, 0.1) is 11.3 Å². The van der Waals surface area contributed by atoms with E-state index in [2.05, 4.69) is 11.4 Å². The number of rotatable bonds is 4. The van der Waals surface area contributed by atoms with Gasteiger partial charge in [0.1, 0.15) is 11.3 Å². The van der Waals surface area contributed by atoms with E-state index in [0.717, 1.165) is 17.9 Å². The van der Waals surface area contributed by atoms with Gasteiger partial charge in [0, 0.05) is 0 Å². The highest BCUT2D eigenvalue weighted by Gasteiger charge is 2.21. The molecule has 3 nitrogen and oxygen atoms in total. The Labute approximate surface area is 90.7 Å². The van der Waals surface area contributed by atoms with Crippen LogP contribution in [0.4, 0.5) is 5.69 Å². The predicted molar refractivity (Wildman–Crippen MR) is 60.9 cm³/mol. The first-order valence-electron chi connectivity index (χ1n) is 4.97. The number of methoxy groups -OCH3 is 1. The van der Waals surface area contributed by atoms with Crippen molar-refractivity contribution in [1.29, 1.82) is 5.26 Å². The highest BCUT2D eigenvalue weighted by atomic mass is 16.5. The molecule has 80 valence electrons. The SMILES string of the molecule is CCC(C)(C#N)Nc1ccccc1OC. The number of hydrogen-bond donors (Lipinski definition) is 1. The van der Waals surface area contributed by atoms with E-state index < -0.39 is 5.54 Å². The summed E-state index contributed by atoms with van der Waals surface area (Å²) in [5.41, 5.74) is 0.306. The van der Waals surface area contributed by atoms with Crippen LogP contribution in [0.2, 0.25) is 0 Å². The van der Waals surface area contributed by atoms with Gasteiger partial charge in [-0.25, -0.2) is 0 Å². The lowest BCUT2D eigenvalue weighted by Gasteiger charge is -2.23. The van der Waals surface area contributed by atoms with Gasteiger partial charge in [-0.05, 0) is 25.5 Å². The molecule has 1 rings (SSSR count). The van der Waals surface area contributed by atoms with Crippen molar-refractivity contribution in [3.05, 3.63) is 24.3 Å². The predicted octanol–water partition coefficient (Wildman–Crippen LogP) is 2.80. The molecule has 0 aliphatic carbocycles. The Kier molecular flexibility index (Phi) is 3.56. The zero-order chi connectivity index (χ0) is 11.3. The lowest BCUT2D eigenvalue weighted by molar-refractivity contribution is 0.415. The number of benzene rings is 1. The average Bonchev–Trinajstić information content (AvgIpc) is 2.29. The number of ether oxygens (including phenoxy) is 1. The molecule has 15 heavy (non-hydrogen) atoms. The minimum absolute atomic E-state index is 0.547. The normalized spacial score (nSPS) is 13.7. The van der Waals surface area contributed by atoms with Gasteiger partial charge in [0.25, 0.3) is 0 Å². The van der Waals surface area contributed by atoms with Crippen LogP contribution in [0.5, 0.6) is 5.75 Å². The van der Waals surface area contributed by atoms with Gasteiger partial charge < -0.3 is 10.1 Å². The van der Waals surface area contributed by atoms with Gasteiger partial charge in [-0.15, -0.1) is 0 Å². The molecular weight excluding hydrogens is 188 g/mol. The molecule has 0 aromatic heterocycles. The molecule has 0 fully saturated rings. The molecule has 0 spiro atoms. The van der Waals surface area contributed by atoms with Crippen LogP contribution in [0.1, 0.15) is 20.3 Å². The van der Waals surface area contributed by atoms with E-state index in [9.17, 15) is 0 Å². The molecular formula is C12H16N2O. The minimum atomic E-state index is -0.547. The molecule has 1 unspecified atom stereocenters. The summed E-state index contributed by atoms with van der Waals surface area (Å²) in [6, 6.07) is 9.86. The first kappa shape index (κ1) is 11.4. The summed E-state index contributed by atoms with van der Waals surface area (Å²) in [5.74, 6) is 0.757. The van der Waals surface area contributed by atoms with Crippen LogP contribution in [0.25, 0.3) is 0 Å². The maximum atomic E-state index is 9.06. The number of hydrogen-bond acceptors (Lipinski definition) is 3. The molecule has 1 N–H and O–H groups in total. The second-order valence-corrected chi connectivity index (χ2v) is 3.62. The van der Waals surface area contributed by atoms with E-state index in [1.807, 2.05) is 38.1 Å². The molecule has 0 saturated carbocycles. The van der Waals surface area contributed by atoms with E-state index in [0.29, 0.717) is 0 Å². The number of anilines is 1. The molecule has 0 aliphatic rings. The van der Waals surface area contributed by atoms with Crippen LogP contribution in [0.3, 0.4) is 0 Å². The van der Waals surface area contributed by atoms with Crippen LogP contribution in [0.15, 0.2) is 24.3 Å². The summed E-state index contributed by atoms with van der Waals surface area (Å²) in [7, 11) is 1.62. The number of para-hydroxylation sites is 2. The van der Waals surface area contributed by atoms with Crippen LogP contribution in [-0.4, -0.2) is 12.6 Å². The van der Waals surface area contributed by atoms with Crippen LogP contribution < -0.4 is 10.1 Å². The Balaban J connectivity index is 2.94. The van der Waals surface area contributed by atoms with Crippen molar-refractivity contribution >= 4 is 5.69 Å². The lowest BCUT2D eigenvalue weighted by atomic mass is 10.0. The van der Waals surface area contributed by atoms with E-state index in [1.54, 1.807) is 7.11 Å². The van der Waals surface area contributed by atoms with Gasteiger partial charge in [0.15, 0.2) is 0 Å². The van der Waals surface area contributed by atoms with Gasteiger partial charge in [-0.1, -0.05) is 19.1 Å². The van der Waals surface area contributed by atoms with Crippen molar-refractivity contribution in [1.82, 2.24) is 0 Å². The summed E-state index contributed by atoms with van der Waals surface area (Å²) < 4.78 is 5.21. The number of nitriles is 1. The molecule has 0 aliphatic heterocycles. The fraction of sp³-hybridized carbons (Fsp3) is 0.417. The Bertz CT molecular complexity index is 370. The van der Waals surface area contributed by atoms with Gasteiger partial charge in [0.2, 0.25) is 0 Å². The summed E-state index contributed by atoms with van der Waals surface area (Å²) in [5, 5.41) is 12.2. The largest absolute Gasteiger partial charge is 0.495 e. The molecule has 1 atom stereocenters. The molecule has 0 amide bonds. The fourth-order valence-electron chi connectivity index (χ4n) is 1.24. The molecule has 1 aromatic carbocycles. The Hall–Kier alpha value is -1.69. The van der Waals surface area contributed by atoms with Crippen LogP contribution >= 0.6 is 0 Å². The lowest BCUT2D eigenvalue weighted by Crippen LogP contribution is -2.31. The van der Waals surface area contributed by atoms with Gasteiger partial charge in [-0.2, -0.15) is 5.26 Å². The average molecular weight is 204 g/mol. The van der Waals surface area contributed by atoms with Gasteiger partial charge in [-0.3, -0.25) is 0 Å². The third kappa shape index (κ3) is 2.63. The third-order valence-electron chi connectivity index (χ3n) is 2.47. The van der Waals surface area contributed by atoms with Gasteiger partial charge in [0.05, 0.1) is 18.9 Å². The number of nitrogens with one attached hydrogen (secondary N) is 1. The second kappa shape index (κ2) is 4.70. The minimum Gasteiger partial charge on any atom is -0.495 e. The molecule has 0 saturated heterocycles. The van der Waals surface area contributed by atoms with E-state index >= 15 is 0 Å². The maximum absolute atomic E-state index is 9.06. The van der Waals surface area contributed by atoms with Crippen LogP contribution in [-0.2, 0) is 0 Å². The Morgan fingerprint density at radius 2 is 2.13 bits per heavy atom. The Morgan fingerprint density at radius 1 is 1.47 bits per heavy atom. The number of nitrogens with zero attached hydrogens (tertiary/aromatic N) is 1. The quantitative estimate of drug-likeness (QED) is 0.820. The topological polar surface area (TPSA) is 45.0 Å². The Morgan fingerprint density at radius 3 is 2.67 bits per heavy atom. The highest BCUT2D eigenvalue weighted by Crippen LogP contribution is 2.27. The van der Waals surface area contributed by atoms with Crippen molar-refractivity contribution in [3.63, 3.8) is 0 Å². The zero-order valence-electron chi connectivity index (χ0n) is 9.37. The molecule has 0 bridgehead atoms. The van der Waals surface area contributed by atoms with E-state index in [-0.39, 0.29) is 0 Å². The smallest absolute Gasteiger partial charge is 0.141 e. The van der Waals surface area contributed by atoms with Crippen molar-refractivity contribution in [2.75, 3.05) is 12.4 Å². The summed E-state index contributed by atoms with van der Waals surface area (Å²) >= 11 is 0. The first-order valence-corrected chi connectivity index (χ1v) is 4.97. The fourth-order valence-corrected chi connectivity index (χ4v) is 1.24. The van der Waals surface area contributed by atoms with E-state index in [1.165, 1.54) is 0 Å². The first-order chi connectivity index (χ1) is 7.15. The summed E-state index contributed by atoms with van der Waals surface area (Å²) in [6.07, 6.45) is 0.738. The standard InChI is InChI=1S/C12H16N2O/c1-4-12(2,9-13)14-10-7-5-6-8-11(10)15-3/h5-8,14H,4H2,1-3H3. The van der Waals surface area contributed by atoms with Crippen molar-refractivity contribution in [2.24, 2.45) is 0 Å². The summed E-state index contributed by atoms with van der Waals surface area (Å²) in [4.78, 5) is 0. The molecule has 0 radical (unpaired) electrons. The van der Waals surface area contributed by atoms with E-state index in [4.69, 9.17) is 10.00 Å². The molecule has 3 heteroatoms. The van der Waals surface area contributed by atoms with Crippen molar-refractivity contribution in [2.45, 2.75) is 25.8 Å². The monoisotopic (exact) mass is 204 g/mol. The molecule has 1 aromatic rings. The van der Waals surface area contributed by atoms with Gasteiger partial charge >= 0.3 is 0 Å². The second-order valence-electron chi connectivity index (χ2n) is 3.62. The summed E-state index contributed by atoms with van der Waals surface area (Å²) in [6.45, 7) is 3.85. The zero-order valence-corrected chi connectivity index (χ0v) is 9.37. The van der Waals surface area contributed by atoms with Crippen molar-refractivity contribution in [3.8, 4) is 11.8 Å².